The number of hydrogen-bond donors (Lipinski definition) is 3. The summed E-state index contributed by atoms with van der Waals surface area (Å²) in [5.41, 5.74) is 4.97. The third-order valence-corrected chi connectivity index (χ3v) is 3.85. The van der Waals surface area contributed by atoms with Crippen molar-refractivity contribution in [2.75, 3.05) is 57.8 Å². The zero-order valence-corrected chi connectivity index (χ0v) is 14.6. The summed E-state index contributed by atoms with van der Waals surface area (Å²) in [6.45, 7) is 5.55. The minimum Gasteiger partial charge on any atom is -0.379 e. The Hall–Kier alpha value is -2.07. The fraction of sp³-hybridized carbons (Fsp3) is 0.625. The lowest BCUT2D eigenvalue weighted by Crippen LogP contribution is -2.37. The maximum Gasteiger partial charge on any atom is 0.419 e. The Morgan fingerprint density at radius 1 is 1.31 bits per heavy atom. The highest BCUT2D eigenvalue weighted by atomic mass is 19.4. The Labute approximate surface area is 150 Å². The largest absolute Gasteiger partial charge is 0.419 e. The zero-order chi connectivity index (χ0) is 18.8. The first kappa shape index (κ1) is 20.2. The molecule has 7 nitrogen and oxygen atoms in total. The number of morpholine rings is 1. The summed E-state index contributed by atoms with van der Waals surface area (Å²) in [5.74, 6) is 0.0914. The van der Waals surface area contributed by atoms with Crippen LogP contribution in [-0.2, 0) is 10.9 Å². The summed E-state index contributed by atoms with van der Waals surface area (Å²) in [6.07, 6.45) is -2.23. The molecule has 10 heteroatoms. The molecule has 1 saturated heterocycles. The number of aromatic nitrogens is 1. The van der Waals surface area contributed by atoms with Gasteiger partial charge >= 0.3 is 6.18 Å². The van der Waals surface area contributed by atoms with Gasteiger partial charge in [-0.3, -0.25) is 9.89 Å². The molecule has 26 heavy (non-hydrogen) atoms. The van der Waals surface area contributed by atoms with Gasteiger partial charge < -0.3 is 21.1 Å². The molecule has 1 aromatic rings. The van der Waals surface area contributed by atoms with Crippen LogP contribution < -0.4 is 16.4 Å². The molecule has 1 aliphatic rings. The van der Waals surface area contributed by atoms with Gasteiger partial charge in [-0.25, -0.2) is 4.98 Å². The lowest BCUT2D eigenvalue weighted by Gasteiger charge is -2.26. The van der Waals surface area contributed by atoms with E-state index >= 15 is 0 Å². The molecule has 0 unspecified atom stereocenters. The summed E-state index contributed by atoms with van der Waals surface area (Å²) in [5, 5.41) is 5.53. The Kier molecular flexibility index (Phi) is 7.92. The normalized spacial score (nSPS) is 16.5. The van der Waals surface area contributed by atoms with Gasteiger partial charge in [0.25, 0.3) is 0 Å². The molecule has 1 fully saturated rings. The van der Waals surface area contributed by atoms with Crippen LogP contribution in [0.15, 0.2) is 23.3 Å². The van der Waals surface area contributed by atoms with Gasteiger partial charge in [0.1, 0.15) is 5.82 Å². The molecule has 0 bridgehead atoms. The molecule has 0 atom stereocenters. The predicted molar refractivity (Wildman–Crippen MR) is 94.1 cm³/mol. The molecule has 0 saturated carbocycles. The SMILES string of the molecule is NC(=NCCCN1CCOCC1)NCCNc1ncccc1C(F)(F)F. The third kappa shape index (κ3) is 7.04. The van der Waals surface area contributed by atoms with Crippen molar-refractivity contribution in [3.05, 3.63) is 23.9 Å². The van der Waals surface area contributed by atoms with E-state index in [1.807, 2.05) is 0 Å². The highest BCUT2D eigenvalue weighted by molar-refractivity contribution is 5.77. The van der Waals surface area contributed by atoms with Crippen LogP contribution in [0.25, 0.3) is 0 Å². The Morgan fingerprint density at radius 3 is 2.81 bits per heavy atom. The highest BCUT2D eigenvalue weighted by Crippen LogP contribution is 2.33. The van der Waals surface area contributed by atoms with Gasteiger partial charge in [-0.15, -0.1) is 0 Å². The number of nitrogens with two attached hydrogens (primary N) is 1. The molecule has 0 aliphatic carbocycles. The van der Waals surface area contributed by atoms with E-state index in [9.17, 15) is 13.2 Å². The lowest BCUT2D eigenvalue weighted by molar-refractivity contribution is -0.137. The summed E-state index contributed by atoms with van der Waals surface area (Å²) >= 11 is 0. The molecule has 0 amide bonds. The van der Waals surface area contributed by atoms with E-state index in [1.54, 1.807) is 0 Å². The van der Waals surface area contributed by atoms with E-state index in [0.717, 1.165) is 45.3 Å². The summed E-state index contributed by atoms with van der Waals surface area (Å²) in [6, 6.07) is 2.25. The molecular formula is C16H25F3N6O. The van der Waals surface area contributed by atoms with Crippen LogP contribution in [0.5, 0.6) is 0 Å². The van der Waals surface area contributed by atoms with Gasteiger partial charge in [-0.2, -0.15) is 13.2 Å². The van der Waals surface area contributed by atoms with Gasteiger partial charge in [0, 0.05) is 45.5 Å². The number of hydrogen-bond acceptors (Lipinski definition) is 5. The van der Waals surface area contributed by atoms with Crippen molar-refractivity contribution in [1.29, 1.82) is 0 Å². The van der Waals surface area contributed by atoms with E-state index in [-0.39, 0.29) is 18.3 Å². The number of ether oxygens (including phenoxy) is 1. The van der Waals surface area contributed by atoms with Crippen LogP contribution >= 0.6 is 0 Å². The smallest absolute Gasteiger partial charge is 0.379 e. The standard InChI is InChI=1S/C16H25F3N6O/c17-16(18,19)13-3-1-4-21-14(13)22-6-7-24-15(20)23-5-2-8-25-9-11-26-12-10-25/h1,3-4H,2,5-12H2,(H,21,22)(H3,20,23,24). The van der Waals surface area contributed by atoms with Gasteiger partial charge in [0.2, 0.25) is 0 Å². The van der Waals surface area contributed by atoms with E-state index in [1.165, 1.54) is 12.3 Å². The molecule has 2 rings (SSSR count). The number of anilines is 1. The number of alkyl halides is 3. The van der Waals surface area contributed by atoms with Crippen molar-refractivity contribution in [1.82, 2.24) is 15.2 Å². The minimum atomic E-state index is -4.44. The van der Waals surface area contributed by atoms with E-state index in [4.69, 9.17) is 10.5 Å². The van der Waals surface area contributed by atoms with Crippen LogP contribution in [0.3, 0.4) is 0 Å². The Balaban J connectivity index is 1.63. The van der Waals surface area contributed by atoms with Crippen LogP contribution in [0.2, 0.25) is 0 Å². The van der Waals surface area contributed by atoms with E-state index in [0.29, 0.717) is 13.1 Å². The second-order valence-electron chi connectivity index (χ2n) is 5.83. The number of aliphatic imine (C=N–C) groups is 1. The molecule has 0 spiro atoms. The molecule has 1 aromatic heterocycles. The number of nitrogens with zero attached hydrogens (tertiary/aromatic N) is 3. The molecule has 4 N–H and O–H groups in total. The van der Waals surface area contributed by atoms with E-state index in [2.05, 4.69) is 25.5 Å². The van der Waals surface area contributed by atoms with Crippen molar-refractivity contribution in [2.24, 2.45) is 10.7 Å². The zero-order valence-electron chi connectivity index (χ0n) is 14.6. The fourth-order valence-corrected chi connectivity index (χ4v) is 2.52. The highest BCUT2D eigenvalue weighted by Gasteiger charge is 2.33. The molecule has 1 aliphatic heterocycles. The minimum absolute atomic E-state index is 0.192. The van der Waals surface area contributed by atoms with Gasteiger partial charge in [-0.05, 0) is 18.6 Å². The molecule has 0 radical (unpaired) electrons. The van der Waals surface area contributed by atoms with Crippen LogP contribution in [0.1, 0.15) is 12.0 Å². The Morgan fingerprint density at radius 2 is 2.08 bits per heavy atom. The van der Waals surface area contributed by atoms with Gasteiger partial charge in [0.05, 0.1) is 18.8 Å². The van der Waals surface area contributed by atoms with Crippen LogP contribution in [0, 0.1) is 0 Å². The average Bonchev–Trinajstić information content (AvgIpc) is 2.63. The second kappa shape index (κ2) is 10.2. The number of pyridine rings is 1. The van der Waals surface area contributed by atoms with Crippen molar-refractivity contribution in [3.8, 4) is 0 Å². The summed E-state index contributed by atoms with van der Waals surface area (Å²) in [4.78, 5) is 10.3. The molecule has 146 valence electrons. The molecule has 2 heterocycles. The van der Waals surface area contributed by atoms with E-state index < -0.39 is 11.7 Å². The predicted octanol–water partition coefficient (Wildman–Crippen LogP) is 1.14. The maximum absolute atomic E-state index is 12.8. The molecule has 0 aromatic carbocycles. The van der Waals surface area contributed by atoms with Crippen molar-refractivity contribution in [3.63, 3.8) is 0 Å². The summed E-state index contributed by atoms with van der Waals surface area (Å²) < 4.78 is 43.8. The second-order valence-corrected chi connectivity index (χ2v) is 5.83. The van der Waals surface area contributed by atoms with Gasteiger partial charge in [-0.1, -0.05) is 0 Å². The van der Waals surface area contributed by atoms with Gasteiger partial charge in [0.15, 0.2) is 5.96 Å². The maximum atomic E-state index is 12.8. The van der Waals surface area contributed by atoms with Crippen molar-refractivity contribution in [2.45, 2.75) is 12.6 Å². The third-order valence-electron chi connectivity index (χ3n) is 3.85. The van der Waals surface area contributed by atoms with Crippen molar-refractivity contribution >= 4 is 11.8 Å². The lowest BCUT2D eigenvalue weighted by atomic mass is 10.2. The fourth-order valence-electron chi connectivity index (χ4n) is 2.52. The first-order chi connectivity index (χ1) is 12.5. The first-order valence-electron chi connectivity index (χ1n) is 8.57. The van der Waals surface area contributed by atoms with Crippen LogP contribution in [-0.4, -0.2) is 68.3 Å². The number of halogens is 3. The quantitative estimate of drug-likeness (QED) is 0.359. The monoisotopic (exact) mass is 374 g/mol. The topological polar surface area (TPSA) is 87.8 Å². The molecular weight excluding hydrogens is 349 g/mol. The summed E-state index contributed by atoms with van der Waals surface area (Å²) in [7, 11) is 0. The number of rotatable bonds is 8. The average molecular weight is 374 g/mol. The Bertz CT molecular complexity index is 575. The number of nitrogens with one attached hydrogen (secondary N) is 2. The number of guanidine groups is 1. The van der Waals surface area contributed by atoms with Crippen molar-refractivity contribution < 1.29 is 17.9 Å². The van der Waals surface area contributed by atoms with Crippen LogP contribution in [0.4, 0.5) is 19.0 Å². The first-order valence-corrected chi connectivity index (χ1v) is 8.57.